The molecule has 0 atom stereocenters. The summed E-state index contributed by atoms with van der Waals surface area (Å²) in [6.07, 6.45) is -0.809. The van der Waals surface area contributed by atoms with Gasteiger partial charge in [0.15, 0.2) is 0 Å². The molecule has 156 valence electrons. The first kappa shape index (κ1) is 25.7. The summed E-state index contributed by atoms with van der Waals surface area (Å²) in [4.78, 5) is 11.9. The molecule has 0 heterocycles. The van der Waals surface area contributed by atoms with E-state index in [4.69, 9.17) is 21.7 Å². The van der Waals surface area contributed by atoms with Crippen LogP contribution in [0.25, 0.3) is 0 Å². The van der Waals surface area contributed by atoms with Crippen LogP contribution in [0.1, 0.15) is 33.6 Å². The average Bonchev–Trinajstić information content (AvgIpc) is 2.62. The number of halogens is 5. The summed E-state index contributed by atoms with van der Waals surface area (Å²) in [6, 6.07) is 1.90. The number of allylic oxidation sites excluding steroid dienone is 1. The number of amides is 1. The average molecular weight is 423 g/mol. The number of benzene rings is 1. The Kier molecular flexibility index (Phi) is 11.2. The molecule has 28 heavy (non-hydrogen) atoms. The molecule has 0 saturated heterocycles. The predicted molar refractivity (Wildman–Crippen MR) is 104 cm³/mol. The fourth-order valence-corrected chi connectivity index (χ4v) is 1.83. The normalized spacial score (nSPS) is 11.6. The van der Waals surface area contributed by atoms with Gasteiger partial charge in [-0.3, -0.25) is 4.79 Å². The molecule has 0 fully saturated rings. The Balaban J connectivity index is 0.00000165. The van der Waals surface area contributed by atoms with Gasteiger partial charge in [0.25, 0.3) is 5.91 Å². The molecule has 0 radical (unpaired) electrons. The van der Waals surface area contributed by atoms with E-state index in [0.717, 1.165) is 19.1 Å². The lowest BCUT2D eigenvalue weighted by Crippen LogP contribution is -2.22. The third kappa shape index (κ3) is 8.12. The van der Waals surface area contributed by atoms with Gasteiger partial charge in [-0.1, -0.05) is 50.9 Å². The summed E-state index contributed by atoms with van der Waals surface area (Å²) in [5, 5.41) is 8.72. The largest absolute Gasteiger partial charge is 0.488 e. The van der Waals surface area contributed by atoms with Crippen molar-refractivity contribution in [2.75, 3.05) is 11.9 Å². The number of rotatable bonds is 7. The quantitative estimate of drug-likeness (QED) is 0.234. The van der Waals surface area contributed by atoms with Crippen LogP contribution in [0.3, 0.4) is 0 Å². The van der Waals surface area contributed by atoms with E-state index >= 15 is 0 Å². The number of hydrogen-bond donors (Lipinski definition) is 2. The van der Waals surface area contributed by atoms with Gasteiger partial charge in [0.05, 0.1) is 16.3 Å². The Labute approximate surface area is 166 Å². The third-order valence-corrected chi connectivity index (χ3v) is 3.62. The molecular weight excluding hydrogens is 400 g/mol. The zero-order valence-electron chi connectivity index (χ0n) is 15.8. The molecule has 0 aliphatic heterocycles. The zero-order valence-corrected chi connectivity index (χ0v) is 16.6. The summed E-state index contributed by atoms with van der Waals surface area (Å²) in [5.41, 5.74) is -2.62. The van der Waals surface area contributed by atoms with E-state index in [1.165, 1.54) is 18.9 Å². The number of nitrogens with one attached hydrogen (secondary N) is 2. The molecule has 0 unspecified atom stereocenters. The molecule has 1 rings (SSSR count). The lowest BCUT2D eigenvalue weighted by atomic mass is 10.1. The Morgan fingerprint density at radius 2 is 1.89 bits per heavy atom. The first-order valence-corrected chi connectivity index (χ1v) is 8.73. The summed E-state index contributed by atoms with van der Waals surface area (Å²) < 4.78 is 57.1. The van der Waals surface area contributed by atoms with Crippen molar-refractivity contribution in [1.82, 2.24) is 0 Å². The van der Waals surface area contributed by atoms with Gasteiger partial charge < -0.3 is 15.5 Å². The smallest absolute Gasteiger partial charge is 0.418 e. The highest BCUT2D eigenvalue weighted by Gasteiger charge is 2.35. The van der Waals surface area contributed by atoms with Crippen LogP contribution in [0.5, 0.6) is 5.75 Å². The second kappa shape index (κ2) is 12.2. The number of hydrogen-bond acceptors (Lipinski definition) is 3. The Morgan fingerprint density at radius 3 is 2.32 bits per heavy atom. The molecule has 0 bridgehead atoms. The van der Waals surface area contributed by atoms with Crippen LogP contribution < -0.4 is 10.1 Å². The van der Waals surface area contributed by atoms with Crippen molar-refractivity contribution in [1.29, 1.82) is 5.41 Å². The van der Waals surface area contributed by atoms with Crippen LogP contribution in [-0.2, 0) is 4.79 Å². The maximum Gasteiger partial charge on any atom is 0.418 e. The molecule has 2 N–H and O–H groups in total. The van der Waals surface area contributed by atoms with Gasteiger partial charge in [0.2, 0.25) is 0 Å². The van der Waals surface area contributed by atoms with Crippen LogP contribution >= 0.6 is 11.6 Å². The van der Waals surface area contributed by atoms with E-state index < -0.39 is 34.7 Å². The second-order valence-corrected chi connectivity index (χ2v) is 5.90. The second-order valence-electron chi connectivity index (χ2n) is 5.50. The standard InChI is InChI=1S/C15H13ClF4N2O2.C4H10/c1-3-4-24-13-6-12(11(17)5-10(13)16)22-14(23)8(2)9(7-21)15(18,19)20;1-3-4-2/h3,5-7,21H,1,4H2,2H3,(H,22,23);3-4H2,1-2H3/b9-8+,21-7?;. The van der Waals surface area contributed by atoms with Crippen LogP contribution in [0, 0.1) is 11.2 Å². The van der Waals surface area contributed by atoms with Gasteiger partial charge in [-0.05, 0) is 13.0 Å². The monoisotopic (exact) mass is 422 g/mol. The number of unbranched alkanes of at least 4 members (excludes halogenated alkanes) is 1. The molecule has 4 nitrogen and oxygen atoms in total. The molecule has 0 saturated carbocycles. The van der Waals surface area contributed by atoms with Crippen molar-refractivity contribution in [3.8, 4) is 5.75 Å². The van der Waals surface area contributed by atoms with Crippen LogP contribution in [0.15, 0.2) is 35.9 Å². The number of carbonyl (C=O) groups is 1. The molecule has 0 aliphatic rings. The molecule has 0 aromatic heterocycles. The van der Waals surface area contributed by atoms with E-state index in [2.05, 4.69) is 20.4 Å². The van der Waals surface area contributed by atoms with Gasteiger partial charge >= 0.3 is 6.18 Å². The number of ether oxygens (including phenoxy) is 1. The highest BCUT2D eigenvalue weighted by atomic mass is 35.5. The van der Waals surface area contributed by atoms with Crippen molar-refractivity contribution in [3.63, 3.8) is 0 Å². The summed E-state index contributed by atoms with van der Waals surface area (Å²) in [6.45, 7) is 8.72. The minimum Gasteiger partial charge on any atom is -0.488 e. The highest BCUT2D eigenvalue weighted by Crippen LogP contribution is 2.32. The van der Waals surface area contributed by atoms with Gasteiger partial charge in [-0.2, -0.15) is 13.2 Å². The highest BCUT2D eigenvalue weighted by molar-refractivity contribution is 6.32. The minimum atomic E-state index is -4.88. The topological polar surface area (TPSA) is 62.2 Å². The molecule has 0 spiro atoms. The van der Waals surface area contributed by atoms with E-state index in [1.807, 2.05) is 5.32 Å². The van der Waals surface area contributed by atoms with Crippen molar-refractivity contribution in [2.24, 2.45) is 0 Å². The maximum absolute atomic E-state index is 13.8. The van der Waals surface area contributed by atoms with Crippen molar-refractivity contribution >= 4 is 29.4 Å². The summed E-state index contributed by atoms with van der Waals surface area (Å²) in [7, 11) is 0. The van der Waals surface area contributed by atoms with E-state index in [-0.39, 0.29) is 23.6 Å². The maximum atomic E-state index is 13.8. The van der Waals surface area contributed by atoms with Gasteiger partial charge in [-0.25, -0.2) is 4.39 Å². The minimum absolute atomic E-state index is 0.0196. The fourth-order valence-electron chi connectivity index (χ4n) is 1.63. The van der Waals surface area contributed by atoms with Crippen LogP contribution in [-0.4, -0.2) is 24.9 Å². The van der Waals surface area contributed by atoms with Crippen LogP contribution in [0.4, 0.5) is 23.2 Å². The molecule has 1 aromatic rings. The number of anilines is 1. The zero-order chi connectivity index (χ0) is 21.9. The molecule has 9 heteroatoms. The fraction of sp³-hybridized carbons (Fsp3) is 0.368. The first-order valence-electron chi connectivity index (χ1n) is 8.35. The van der Waals surface area contributed by atoms with E-state index in [0.29, 0.717) is 0 Å². The predicted octanol–water partition coefficient (Wildman–Crippen LogP) is 6.32. The van der Waals surface area contributed by atoms with E-state index in [9.17, 15) is 22.4 Å². The Bertz CT molecular complexity index is 729. The summed E-state index contributed by atoms with van der Waals surface area (Å²) in [5.74, 6) is -2.13. The molecule has 0 aliphatic carbocycles. The summed E-state index contributed by atoms with van der Waals surface area (Å²) >= 11 is 5.77. The van der Waals surface area contributed by atoms with Crippen LogP contribution in [0.2, 0.25) is 5.02 Å². The Hall–Kier alpha value is -2.35. The van der Waals surface area contributed by atoms with Gasteiger partial charge in [0, 0.05) is 17.9 Å². The molecule has 1 aromatic carbocycles. The lowest BCUT2D eigenvalue weighted by molar-refractivity contribution is -0.114. The lowest BCUT2D eigenvalue weighted by Gasteiger charge is -2.13. The van der Waals surface area contributed by atoms with Crippen molar-refractivity contribution in [3.05, 3.63) is 46.8 Å². The van der Waals surface area contributed by atoms with Gasteiger partial charge in [-0.15, -0.1) is 0 Å². The SMILES string of the molecule is C=CCOc1cc(NC(=O)/C(C)=C(\C=N)C(F)(F)F)c(F)cc1Cl.CCCC. The number of alkyl halides is 3. The Morgan fingerprint density at radius 1 is 1.32 bits per heavy atom. The molecule has 1 amide bonds. The molecular formula is C19H23ClF4N2O2. The van der Waals surface area contributed by atoms with Crippen molar-refractivity contribution < 1.29 is 27.1 Å². The van der Waals surface area contributed by atoms with E-state index in [1.54, 1.807) is 0 Å². The third-order valence-electron chi connectivity index (χ3n) is 3.32. The van der Waals surface area contributed by atoms with Crippen molar-refractivity contribution in [2.45, 2.75) is 39.8 Å². The first-order chi connectivity index (χ1) is 13.0. The number of carbonyl (C=O) groups excluding carboxylic acids is 1. The van der Waals surface area contributed by atoms with Gasteiger partial charge in [0.1, 0.15) is 18.2 Å².